The Morgan fingerprint density at radius 1 is 1.32 bits per heavy atom. The maximum absolute atomic E-state index is 12.5. The summed E-state index contributed by atoms with van der Waals surface area (Å²) < 4.78 is 0. The second-order valence-electron chi connectivity index (χ2n) is 5.01. The summed E-state index contributed by atoms with van der Waals surface area (Å²) in [6, 6.07) is 8.08. The van der Waals surface area contributed by atoms with Gasteiger partial charge in [0.25, 0.3) is 5.91 Å². The molecule has 1 unspecified atom stereocenters. The van der Waals surface area contributed by atoms with E-state index in [-0.39, 0.29) is 24.2 Å². The van der Waals surface area contributed by atoms with E-state index in [2.05, 4.69) is 5.32 Å². The van der Waals surface area contributed by atoms with Crippen LogP contribution in [0.15, 0.2) is 48.7 Å². The molecule has 118 valence electrons. The summed E-state index contributed by atoms with van der Waals surface area (Å²) >= 11 is 0. The van der Waals surface area contributed by atoms with E-state index in [9.17, 15) is 9.59 Å². The van der Waals surface area contributed by atoms with Gasteiger partial charge in [-0.15, -0.1) is 12.4 Å². The van der Waals surface area contributed by atoms with Crippen molar-refractivity contribution in [3.05, 3.63) is 54.2 Å². The minimum Gasteiger partial charge on any atom is -0.339 e. The minimum absolute atomic E-state index is 0. The first-order valence-corrected chi connectivity index (χ1v) is 6.77. The number of halogens is 1. The molecule has 0 bridgehead atoms. The van der Waals surface area contributed by atoms with Crippen LogP contribution in [0.4, 0.5) is 0 Å². The number of carbonyl (C=O) groups is 2. The van der Waals surface area contributed by atoms with Gasteiger partial charge in [-0.1, -0.05) is 36.4 Å². The molecule has 0 aromatic heterocycles. The molecular weight excluding hydrogens is 302 g/mol. The topological polar surface area (TPSA) is 75.4 Å². The second-order valence-corrected chi connectivity index (χ2v) is 5.01. The van der Waals surface area contributed by atoms with Crippen molar-refractivity contribution in [1.82, 2.24) is 10.2 Å². The number of hydrogen-bond acceptors (Lipinski definition) is 3. The Kier molecular flexibility index (Phi) is 6.34. The third kappa shape index (κ3) is 3.96. The fourth-order valence-corrected chi connectivity index (χ4v) is 2.09. The first-order valence-electron chi connectivity index (χ1n) is 6.77. The predicted octanol–water partition coefficient (Wildman–Crippen LogP) is 1.31. The lowest BCUT2D eigenvalue weighted by molar-refractivity contribution is -0.132. The van der Waals surface area contributed by atoms with E-state index in [1.54, 1.807) is 26.2 Å². The summed E-state index contributed by atoms with van der Waals surface area (Å²) in [5.74, 6) is -0.557. The molecule has 6 heteroatoms. The van der Waals surface area contributed by atoms with Crippen molar-refractivity contribution in [3.63, 3.8) is 0 Å². The molecule has 1 heterocycles. The van der Waals surface area contributed by atoms with E-state index >= 15 is 0 Å². The van der Waals surface area contributed by atoms with Crippen molar-refractivity contribution in [2.24, 2.45) is 5.73 Å². The van der Waals surface area contributed by atoms with E-state index in [4.69, 9.17) is 5.73 Å². The SMILES string of the molecule is CC(N)C(=O)N[C@@H]1C(=O)N(C)C=CC=C1c1ccccc1.Cl. The molecular formula is C16H20ClN3O2. The number of likely N-dealkylation sites (N-methyl/N-ethyl adjacent to an activating group) is 1. The Hall–Kier alpha value is -2.11. The summed E-state index contributed by atoms with van der Waals surface area (Å²) in [5, 5.41) is 2.72. The summed E-state index contributed by atoms with van der Waals surface area (Å²) in [6.45, 7) is 1.59. The van der Waals surface area contributed by atoms with Gasteiger partial charge in [0.15, 0.2) is 0 Å². The van der Waals surface area contributed by atoms with Gasteiger partial charge >= 0.3 is 0 Å². The highest BCUT2D eigenvalue weighted by Gasteiger charge is 2.29. The molecule has 1 aliphatic heterocycles. The molecule has 0 aliphatic carbocycles. The number of nitrogens with one attached hydrogen (secondary N) is 1. The van der Waals surface area contributed by atoms with Gasteiger partial charge in [0.1, 0.15) is 6.04 Å². The number of nitrogens with two attached hydrogens (primary N) is 1. The Morgan fingerprint density at radius 3 is 2.55 bits per heavy atom. The lowest BCUT2D eigenvalue weighted by Gasteiger charge is -2.24. The summed E-state index contributed by atoms with van der Waals surface area (Å²) in [7, 11) is 1.66. The monoisotopic (exact) mass is 321 g/mol. The maximum atomic E-state index is 12.5. The molecule has 1 aliphatic rings. The van der Waals surface area contributed by atoms with Crippen LogP contribution in [0.1, 0.15) is 12.5 Å². The predicted molar refractivity (Wildman–Crippen MR) is 89.2 cm³/mol. The zero-order valence-corrected chi connectivity index (χ0v) is 13.3. The number of benzene rings is 1. The van der Waals surface area contributed by atoms with Crippen LogP contribution in [0, 0.1) is 0 Å². The molecule has 1 aromatic carbocycles. The zero-order valence-electron chi connectivity index (χ0n) is 12.5. The number of nitrogens with zero attached hydrogens (tertiary/aromatic N) is 1. The van der Waals surface area contributed by atoms with Gasteiger partial charge in [0.2, 0.25) is 5.91 Å². The van der Waals surface area contributed by atoms with Crippen LogP contribution in [-0.4, -0.2) is 35.8 Å². The number of hydrogen-bond donors (Lipinski definition) is 2. The fraction of sp³-hybridized carbons (Fsp3) is 0.250. The highest BCUT2D eigenvalue weighted by molar-refractivity contribution is 6.00. The van der Waals surface area contributed by atoms with Crippen LogP contribution in [-0.2, 0) is 9.59 Å². The molecule has 0 saturated heterocycles. The van der Waals surface area contributed by atoms with Crippen LogP contribution in [0.5, 0.6) is 0 Å². The van der Waals surface area contributed by atoms with Crippen LogP contribution in [0.2, 0.25) is 0 Å². The lowest BCUT2D eigenvalue weighted by Crippen LogP contribution is -2.50. The van der Waals surface area contributed by atoms with Crippen molar-refractivity contribution in [2.75, 3.05) is 7.05 Å². The van der Waals surface area contributed by atoms with Gasteiger partial charge in [-0.3, -0.25) is 9.59 Å². The smallest absolute Gasteiger partial charge is 0.253 e. The van der Waals surface area contributed by atoms with Gasteiger partial charge in [0, 0.05) is 13.2 Å². The number of carbonyl (C=O) groups excluding carboxylic acids is 2. The lowest BCUT2D eigenvalue weighted by atomic mass is 9.97. The average molecular weight is 322 g/mol. The van der Waals surface area contributed by atoms with Gasteiger partial charge < -0.3 is 16.0 Å². The number of amides is 2. The largest absolute Gasteiger partial charge is 0.339 e. The standard InChI is InChI=1S/C16H19N3O2.ClH/c1-11(17)15(20)18-14-13(12-7-4-3-5-8-12)9-6-10-19(2)16(14)21;/h3-11,14H,17H2,1-2H3,(H,18,20);1H/t11?,14-;/m0./s1. The molecule has 0 spiro atoms. The highest BCUT2D eigenvalue weighted by Crippen LogP contribution is 2.22. The van der Waals surface area contributed by atoms with Crippen LogP contribution in [0.3, 0.4) is 0 Å². The first kappa shape index (κ1) is 17.9. The Morgan fingerprint density at radius 2 is 1.95 bits per heavy atom. The normalized spacial score (nSPS) is 18.9. The molecule has 3 N–H and O–H groups in total. The zero-order chi connectivity index (χ0) is 15.4. The molecule has 2 amide bonds. The fourth-order valence-electron chi connectivity index (χ4n) is 2.09. The Balaban J connectivity index is 0.00000242. The molecule has 5 nitrogen and oxygen atoms in total. The maximum Gasteiger partial charge on any atom is 0.253 e. The van der Waals surface area contributed by atoms with Crippen molar-refractivity contribution in [1.29, 1.82) is 0 Å². The molecule has 22 heavy (non-hydrogen) atoms. The van der Waals surface area contributed by atoms with Crippen molar-refractivity contribution in [3.8, 4) is 0 Å². The number of allylic oxidation sites excluding steroid dienone is 2. The van der Waals surface area contributed by atoms with E-state index in [1.807, 2.05) is 36.4 Å². The van der Waals surface area contributed by atoms with E-state index in [1.165, 1.54) is 4.90 Å². The van der Waals surface area contributed by atoms with Crippen LogP contribution in [0.25, 0.3) is 5.57 Å². The highest BCUT2D eigenvalue weighted by atomic mass is 35.5. The molecule has 1 aromatic rings. The quantitative estimate of drug-likeness (QED) is 0.881. The second kappa shape index (κ2) is 7.77. The molecule has 2 rings (SSSR count). The van der Waals surface area contributed by atoms with Gasteiger partial charge in [-0.2, -0.15) is 0 Å². The van der Waals surface area contributed by atoms with Gasteiger partial charge in [-0.25, -0.2) is 0 Å². The summed E-state index contributed by atoms with van der Waals surface area (Å²) in [6.07, 6.45) is 5.30. The Labute approximate surface area is 136 Å². The van der Waals surface area contributed by atoms with E-state index in [0.717, 1.165) is 11.1 Å². The molecule has 0 radical (unpaired) electrons. The van der Waals surface area contributed by atoms with Crippen molar-refractivity contribution in [2.45, 2.75) is 19.0 Å². The Bertz CT molecular complexity index is 597. The van der Waals surface area contributed by atoms with Crippen LogP contribution >= 0.6 is 12.4 Å². The third-order valence-electron chi connectivity index (χ3n) is 3.30. The first-order chi connectivity index (χ1) is 10.0. The van der Waals surface area contributed by atoms with Gasteiger partial charge in [-0.05, 0) is 24.1 Å². The van der Waals surface area contributed by atoms with Gasteiger partial charge in [0.05, 0.1) is 6.04 Å². The molecule has 2 atom stereocenters. The molecule has 0 saturated carbocycles. The number of rotatable bonds is 3. The molecule has 0 fully saturated rings. The summed E-state index contributed by atoms with van der Waals surface area (Å²) in [4.78, 5) is 25.8. The average Bonchev–Trinajstić information content (AvgIpc) is 2.61. The van der Waals surface area contributed by atoms with E-state index < -0.39 is 12.1 Å². The van der Waals surface area contributed by atoms with E-state index in [0.29, 0.717) is 0 Å². The van der Waals surface area contributed by atoms with Crippen molar-refractivity contribution < 1.29 is 9.59 Å². The minimum atomic E-state index is -0.745. The summed E-state index contributed by atoms with van der Waals surface area (Å²) in [5.41, 5.74) is 7.22. The van der Waals surface area contributed by atoms with Crippen molar-refractivity contribution >= 4 is 29.8 Å². The van der Waals surface area contributed by atoms with Crippen LogP contribution < -0.4 is 11.1 Å². The third-order valence-corrected chi connectivity index (χ3v) is 3.30.